The molecule has 1 fully saturated rings. The smallest absolute Gasteiger partial charge is 0.102 e. The van der Waals surface area contributed by atoms with E-state index >= 15 is 0 Å². The van der Waals surface area contributed by atoms with Crippen molar-refractivity contribution >= 4 is 10.8 Å². The molecule has 0 spiro atoms. The average Bonchev–Trinajstić information content (AvgIpc) is 2.86. The summed E-state index contributed by atoms with van der Waals surface area (Å²) in [6, 6.07) is 14.8. The molecule has 0 aliphatic carbocycles. The molecule has 2 N–H and O–H groups in total. The van der Waals surface area contributed by atoms with Gasteiger partial charge >= 0.3 is 0 Å². The standard InChI is InChI=1S/C16H19NO2/c18-16(7-8-19-12-16)11-17-10-13-5-6-14-3-1-2-4-15(14)9-13/h1-6,9,17-18H,7-8,10-12H2. The molecule has 1 saturated heterocycles. The Morgan fingerprint density at radius 3 is 2.79 bits per heavy atom. The van der Waals surface area contributed by atoms with Gasteiger partial charge in [0.1, 0.15) is 5.60 Å². The average molecular weight is 257 g/mol. The van der Waals surface area contributed by atoms with Crippen LogP contribution in [0.2, 0.25) is 0 Å². The van der Waals surface area contributed by atoms with Crippen molar-refractivity contribution in [3.05, 3.63) is 48.0 Å². The molecule has 3 heteroatoms. The third-order valence-electron chi connectivity index (χ3n) is 3.68. The number of nitrogens with one attached hydrogen (secondary N) is 1. The van der Waals surface area contributed by atoms with Crippen LogP contribution in [0, 0.1) is 0 Å². The Balaban J connectivity index is 1.62. The Morgan fingerprint density at radius 1 is 1.16 bits per heavy atom. The fraction of sp³-hybridized carbons (Fsp3) is 0.375. The number of aliphatic hydroxyl groups is 1. The highest BCUT2D eigenvalue weighted by Gasteiger charge is 2.31. The molecule has 19 heavy (non-hydrogen) atoms. The fourth-order valence-electron chi connectivity index (χ4n) is 2.52. The second kappa shape index (κ2) is 5.29. The summed E-state index contributed by atoms with van der Waals surface area (Å²) in [7, 11) is 0. The molecular formula is C16H19NO2. The van der Waals surface area contributed by atoms with E-state index in [2.05, 4.69) is 47.8 Å². The summed E-state index contributed by atoms with van der Waals surface area (Å²) in [5, 5.41) is 16.0. The van der Waals surface area contributed by atoms with E-state index in [1.807, 2.05) is 0 Å². The van der Waals surface area contributed by atoms with E-state index in [0.29, 0.717) is 19.8 Å². The Bertz CT molecular complexity index is 561. The van der Waals surface area contributed by atoms with Crippen molar-refractivity contribution in [3.8, 4) is 0 Å². The molecule has 3 rings (SSSR count). The lowest BCUT2D eigenvalue weighted by atomic mass is 10.0. The highest BCUT2D eigenvalue weighted by Crippen LogP contribution is 2.18. The minimum atomic E-state index is -0.684. The Hall–Kier alpha value is -1.42. The maximum atomic E-state index is 10.2. The summed E-state index contributed by atoms with van der Waals surface area (Å²) in [6.07, 6.45) is 0.720. The van der Waals surface area contributed by atoms with Crippen LogP contribution in [0.3, 0.4) is 0 Å². The predicted octanol–water partition coefficient (Wildman–Crippen LogP) is 2.08. The van der Waals surface area contributed by atoms with E-state index in [1.54, 1.807) is 0 Å². The number of hydrogen-bond donors (Lipinski definition) is 2. The number of fused-ring (bicyclic) bond motifs is 1. The number of hydrogen-bond acceptors (Lipinski definition) is 3. The summed E-state index contributed by atoms with van der Waals surface area (Å²) in [5.74, 6) is 0. The molecule has 1 unspecified atom stereocenters. The van der Waals surface area contributed by atoms with E-state index in [4.69, 9.17) is 4.74 Å². The highest BCUT2D eigenvalue weighted by atomic mass is 16.5. The second-order valence-corrected chi connectivity index (χ2v) is 5.31. The van der Waals surface area contributed by atoms with E-state index in [1.165, 1.54) is 16.3 Å². The lowest BCUT2D eigenvalue weighted by molar-refractivity contribution is 0.0268. The first-order valence-electron chi connectivity index (χ1n) is 6.74. The number of benzene rings is 2. The molecule has 1 aliphatic heterocycles. The summed E-state index contributed by atoms with van der Waals surface area (Å²) in [6.45, 7) is 2.46. The molecule has 0 amide bonds. The van der Waals surface area contributed by atoms with Crippen molar-refractivity contribution in [2.24, 2.45) is 0 Å². The molecule has 100 valence electrons. The Labute approximate surface area is 113 Å². The molecule has 2 aromatic carbocycles. The van der Waals surface area contributed by atoms with Gasteiger partial charge < -0.3 is 15.2 Å². The third-order valence-corrected chi connectivity index (χ3v) is 3.68. The van der Waals surface area contributed by atoms with E-state index in [0.717, 1.165) is 13.0 Å². The molecule has 0 bridgehead atoms. The first kappa shape index (κ1) is 12.6. The van der Waals surface area contributed by atoms with Crippen molar-refractivity contribution in [2.45, 2.75) is 18.6 Å². The summed E-state index contributed by atoms with van der Waals surface area (Å²) in [5.41, 5.74) is 0.554. The van der Waals surface area contributed by atoms with E-state index in [-0.39, 0.29) is 0 Å². The summed E-state index contributed by atoms with van der Waals surface area (Å²) >= 11 is 0. The van der Waals surface area contributed by atoms with Gasteiger partial charge in [0.05, 0.1) is 6.61 Å². The van der Waals surface area contributed by atoms with Gasteiger partial charge in [0.2, 0.25) is 0 Å². The zero-order chi connectivity index (χ0) is 13.1. The van der Waals surface area contributed by atoms with Gasteiger partial charge in [-0.1, -0.05) is 36.4 Å². The van der Waals surface area contributed by atoms with Crippen LogP contribution in [0.5, 0.6) is 0 Å². The fourth-order valence-corrected chi connectivity index (χ4v) is 2.52. The van der Waals surface area contributed by atoms with E-state index in [9.17, 15) is 5.11 Å². The van der Waals surface area contributed by atoms with Gasteiger partial charge in [-0.25, -0.2) is 0 Å². The van der Waals surface area contributed by atoms with Crippen LogP contribution in [0.1, 0.15) is 12.0 Å². The summed E-state index contributed by atoms with van der Waals surface area (Å²) < 4.78 is 5.23. The first-order chi connectivity index (χ1) is 9.25. The molecule has 1 heterocycles. The van der Waals surface area contributed by atoms with Gasteiger partial charge in [0.15, 0.2) is 0 Å². The van der Waals surface area contributed by atoms with Crippen LogP contribution in [0.15, 0.2) is 42.5 Å². The maximum Gasteiger partial charge on any atom is 0.102 e. The van der Waals surface area contributed by atoms with Crippen LogP contribution in [0.4, 0.5) is 0 Å². The molecule has 1 atom stereocenters. The molecule has 3 nitrogen and oxygen atoms in total. The minimum Gasteiger partial charge on any atom is -0.386 e. The number of rotatable bonds is 4. The van der Waals surface area contributed by atoms with Crippen LogP contribution in [-0.2, 0) is 11.3 Å². The molecular weight excluding hydrogens is 238 g/mol. The lowest BCUT2D eigenvalue weighted by Gasteiger charge is -2.20. The molecule has 2 aromatic rings. The molecule has 0 radical (unpaired) electrons. The van der Waals surface area contributed by atoms with Gasteiger partial charge in [-0.2, -0.15) is 0 Å². The minimum absolute atomic E-state index is 0.442. The normalized spacial score (nSPS) is 23.0. The van der Waals surface area contributed by atoms with Crippen molar-refractivity contribution < 1.29 is 9.84 Å². The Morgan fingerprint density at radius 2 is 2.00 bits per heavy atom. The van der Waals surface area contributed by atoms with Crippen LogP contribution in [0.25, 0.3) is 10.8 Å². The zero-order valence-corrected chi connectivity index (χ0v) is 10.9. The second-order valence-electron chi connectivity index (χ2n) is 5.31. The van der Waals surface area contributed by atoms with E-state index < -0.39 is 5.60 Å². The van der Waals surface area contributed by atoms with Crippen molar-refractivity contribution in [2.75, 3.05) is 19.8 Å². The summed E-state index contributed by atoms with van der Waals surface area (Å²) in [4.78, 5) is 0. The lowest BCUT2D eigenvalue weighted by Crippen LogP contribution is -2.40. The predicted molar refractivity (Wildman–Crippen MR) is 76.0 cm³/mol. The third kappa shape index (κ3) is 2.95. The first-order valence-corrected chi connectivity index (χ1v) is 6.74. The van der Waals surface area contributed by atoms with Crippen molar-refractivity contribution in [3.63, 3.8) is 0 Å². The SMILES string of the molecule is OC1(CNCc2ccc3ccccc3c2)CCOC1. The van der Waals surface area contributed by atoms with Crippen LogP contribution in [-0.4, -0.2) is 30.5 Å². The maximum absolute atomic E-state index is 10.2. The Kier molecular flexibility index (Phi) is 3.51. The highest BCUT2D eigenvalue weighted by molar-refractivity contribution is 5.82. The largest absolute Gasteiger partial charge is 0.386 e. The van der Waals surface area contributed by atoms with Crippen molar-refractivity contribution in [1.29, 1.82) is 0 Å². The van der Waals surface area contributed by atoms with Gasteiger partial charge in [-0.05, 0) is 22.4 Å². The zero-order valence-electron chi connectivity index (χ0n) is 10.9. The van der Waals surface area contributed by atoms with Gasteiger partial charge in [0.25, 0.3) is 0 Å². The van der Waals surface area contributed by atoms with Crippen LogP contribution < -0.4 is 5.32 Å². The monoisotopic (exact) mass is 257 g/mol. The van der Waals surface area contributed by atoms with Gasteiger partial charge in [0, 0.05) is 26.1 Å². The molecule has 1 aliphatic rings. The van der Waals surface area contributed by atoms with Gasteiger partial charge in [-0.15, -0.1) is 0 Å². The van der Waals surface area contributed by atoms with Gasteiger partial charge in [-0.3, -0.25) is 0 Å². The van der Waals surface area contributed by atoms with Crippen LogP contribution >= 0.6 is 0 Å². The van der Waals surface area contributed by atoms with Crippen molar-refractivity contribution in [1.82, 2.24) is 5.32 Å². The topological polar surface area (TPSA) is 41.5 Å². The molecule has 0 aromatic heterocycles. The molecule has 0 saturated carbocycles. The number of ether oxygens (including phenoxy) is 1. The quantitative estimate of drug-likeness (QED) is 0.881.